The quantitative estimate of drug-likeness (QED) is 0.448. The van der Waals surface area contributed by atoms with Gasteiger partial charge in [-0.1, -0.05) is 70.7 Å². The van der Waals surface area contributed by atoms with Crippen LogP contribution in [0.4, 0.5) is 0 Å². The lowest BCUT2D eigenvalue weighted by atomic mass is 9.91. The van der Waals surface area contributed by atoms with E-state index in [1.54, 1.807) is 36.4 Å². The van der Waals surface area contributed by atoms with Crippen LogP contribution in [0.25, 0.3) is 0 Å². The van der Waals surface area contributed by atoms with Gasteiger partial charge in [-0.05, 0) is 23.3 Å². The molecule has 0 amide bonds. The van der Waals surface area contributed by atoms with E-state index in [1.807, 2.05) is 0 Å². The van der Waals surface area contributed by atoms with Gasteiger partial charge in [0, 0.05) is 0 Å². The molecule has 0 saturated heterocycles. The van der Waals surface area contributed by atoms with Crippen LogP contribution in [0.15, 0.2) is 36.4 Å². The molecule has 0 spiro atoms. The monoisotopic (exact) mass is 432 g/mol. The van der Waals surface area contributed by atoms with E-state index in [0.29, 0.717) is 21.2 Å². The smallest absolute Gasteiger partial charge is 0.327 e. The van der Waals surface area contributed by atoms with Crippen LogP contribution in [0.3, 0.4) is 0 Å². The van der Waals surface area contributed by atoms with Gasteiger partial charge < -0.3 is 14.3 Å². The van der Waals surface area contributed by atoms with Crippen LogP contribution < -0.4 is 0 Å². The number of alkyl halides is 1. The summed E-state index contributed by atoms with van der Waals surface area (Å²) in [4.78, 5) is 16.8. The number of halogens is 5. The van der Waals surface area contributed by atoms with E-state index in [-0.39, 0.29) is 16.7 Å². The molecule has 0 aliphatic rings. The van der Waals surface area contributed by atoms with Crippen molar-refractivity contribution in [2.24, 2.45) is 0 Å². The zero-order valence-electron chi connectivity index (χ0n) is 11.3. The van der Waals surface area contributed by atoms with Crippen molar-refractivity contribution in [1.29, 1.82) is 0 Å². The molecule has 0 aromatic heterocycles. The Bertz CT molecular complexity index is 659. The molecule has 0 radical (unpaired) electrons. The molecular weight excluding hydrogens is 424 g/mol. The molecule has 23 heavy (non-hydrogen) atoms. The van der Waals surface area contributed by atoms with Crippen LogP contribution in [-0.4, -0.2) is 16.4 Å². The Hall–Kier alpha value is 0.200. The van der Waals surface area contributed by atoms with E-state index in [1.165, 1.54) is 0 Å². The maximum Gasteiger partial charge on any atom is 0.327 e. The summed E-state index contributed by atoms with van der Waals surface area (Å²) < 4.78 is 4.95. The molecule has 0 fully saturated rings. The molecule has 2 aromatic rings. The average molecular weight is 434 g/mol. The Morgan fingerprint density at radius 2 is 1.30 bits per heavy atom. The van der Waals surface area contributed by atoms with Gasteiger partial charge in [-0.25, -0.2) is 0 Å². The van der Waals surface area contributed by atoms with Gasteiger partial charge in [0.05, 0.1) is 26.7 Å². The zero-order chi connectivity index (χ0) is 17.2. The molecule has 9 heteroatoms. The summed E-state index contributed by atoms with van der Waals surface area (Å²) in [5.41, 5.74) is 0.823. The fourth-order valence-electron chi connectivity index (χ4n) is 2.07. The van der Waals surface area contributed by atoms with Crippen molar-refractivity contribution >= 4 is 66.6 Å². The number of benzene rings is 2. The van der Waals surface area contributed by atoms with Gasteiger partial charge in [-0.2, -0.15) is 0 Å². The van der Waals surface area contributed by atoms with Crippen molar-refractivity contribution in [2.45, 2.75) is 4.87 Å². The van der Waals surface area contributed by atoms with Crippen molar-refractivity contribution in [3.05, 3.63) is 67.6 Å². The maximum atomic E-state index is 9.08. The molecule has 0 atom stereocenters. The normalized spacial score (nSPS) is 12.0. The molecule has 124 valence electrons. The van der Waals surface area contributed by atoms with E-state index in [4.69, 9.17) is 72.3 Å². The second-order valence-electron chi connectivity index (χ2n) is 4.53. The lowest BCUT2D eigenvalue weighted by Crippen LogP contribution is -2.27. The minimum Gasteiger partial charge on any atom is -0.328 e. The summed E-state index contributed by atoms with van der Waals surface area (Å²) in [7, 11) is -2.62. The van der Waals surface area contributed by atoms with Crippen LogP contribution in [-0.2, 0) is 9.40 Å². The van der Waals surface area contributed by atoms with E-state index < -0.39 is 13.5 Å². The van der Waals surface area contributed by atoms with Crippen molar-refractivity contribution in [2.75, 3.05) is 6.61 Å². The second-order valence-corrected chi connectivity index (χ2v) is 7.51. The van der Waals surface area contributed by atoms with Gasteiger partial charge in [0.1, 0.15) is 4.87 Å². The lowest BCUT2D eigenvalue weighted by Gasteiger charge is -2.30. The van der Waals surface area contributed by atoms with Crippen molar-refractivity contribution in [1.82, 2.24) is 0 Å². The lowest BCUT2D eigenvalue weighted by molar-refractivity contribution is 0.236. The van der Waals surface area contributed by atoms with Gasteiger partial charge >= 0.3 is 8.60 Å². The predicted octanol–water partition coefficient (Wildman–Crippen LogP) is 6.01. The van der Waals surface area contributed by atoms with Crippen LogP contribution in [0.1, 0.15) is 11.1 Å². The van der Waals surface area contributed by atoms with Crippen LogP contribution in [0.5, 0.6) is 0 Å². The molecule has 0 aliphatic carbocycles. The third kappa shape index (κ3) is 4.24. The largest absolute Gasteiger partial charge is 0.328 e. The molecule has 2 N–H and O–H groups in total. The SMILES string of the molecule is OP(O)OCC(Cl)(c1cccc(Cl)c1Cl)c1cccc(Cl)c1Cl. The van der Waals surface area contributed by atoms with Gasteiger partial charge in [-0.15, -0.1) is 11.6 Å². The van der Waals surface area contributed by atoms with Crippen LogP contribution in [0.2, 0.25) is 20.1 Å². The molecule has 0 unspecified atom stereocenters. The highest BCUT2D eigenvalue weighted by Gasteiger charge is 2.38. The summed E-state index contributed by atoms with van der Waals surface area (Å²) in [6, 6.07) is 9.85. The fraction of sp³-hybridized carbons (Fsp3) is 0.143. The Morgan fingerprint density at radius 3 is 1.70 bits per heavy atom. The Labute approximate surface area is 159 Å². The summed E-state index contributed by atoms with van der Waals surface area (Å²) in [6.07, 6.45) is 0. The first-order chi connectivity index (χ1) is 10.8. The molecule has 2 rings (SSSR count). The summed E-state index contributed by atoms with van der Waals surface area (Å²) in [6.45, 7) is -0.298. The summed E-state index contributed by atoms with van der Waals surface area (Å²) in [5.74, 6) is 0. The molecular formula is C14H10Cl5O3P. The fourth-order valence-corrected chi connectivity index (χ4v) is 3.84. The first kappa shape index (κ1) is 19.5. The van der Waals surface area contributed by atoms with E-state index in [9.17, 15) is 0 Å². The zero-order valence-corrected chi connectivity index (χ0v) is 16.0. The predicted molar refractivity (Wildman–Crippen MR) is 96.9 cm³/mol. The Kier molecular flexibility index (Phi) is 6.84. The highest BCUT2D eigenvalue weighted by molar-refractivity contribution is 7.39. The molecule has 0 bridgehead atoms. The van der Waals surface area contributed by atoms with Crippen LogP contribution >= 0.6 is 66.6 Å². The van der Waals surface area contributed by atoms with Crippen LogP contribution in [0, 0.1) is 0 Å². The Balaban J connectivity index is 2.65. The average Bonchev–Trinajstić information content (AvgIpc) is 2.50. The summed E-state index contributed by atoms with van der Waals surface area (Å²) >= 11 is 31.4. The van der Waals surface area contributed by atoms with Crippen molar-refractivity contribution in [3.8, 4) is 0 Å². The first-order valence-corrected chi connectivity index (χ1v) is 9.21. The third-order valence-electron chi connectivity index (χ3n) is 3.14. The highest BCUT2D eigenvalue weighted by atomic mass is 35.5. The summed E-state index contributed by atoms with van der Waals surface area (Å²) in [5, 5.41) is 1.01. The minimum absolute atomic E-state index is 0.212. The standard InChI is InChI=1S/C14H10Cl5O3P/c15-10-5-1-3-8(12(10)17)14(19,7-22-23(20)21)9-4-2-6-11(16)13(9)18/h1-6,20-21H,7H2. The van der Waals surface area contributed by atoms with E-state index >= 15 is 0 Å². The maximum absolute atomic E-state index is 9.08. The molecule has 3 nitrogen and oxygen atoms in total. The topological polar surface area (TPSA) is 49.7 Å². The van der Waals surface area contributed by atoms with Gasteiger partial charge in [0.25, 0.3) is 0 Å². The van der Waals surface area contributed by atoms with Crippen molar-refractivity contribution < 1.29 is 14.3 Å². The van der Waals surface area contributed by atoms with E-state index in [2.05, 4.69) is 0 Å². The molecule has 0 heterocycles. The molecule has 0 saturated carbocycles. The minimum atomic E-state index is -2.62. The highest BCUT2D eigenvalue weighted by Crippen LogP contribution is 2.47. The van der Waals surface area contributed by atoms with Crippen molar-refractivity contribution in [3.63, 3.8) is 0 Å². The molecule has 0 aliphatic heterocycles. The third-order valence-corrected chi connectivity index (χ3v) is 5.65. The van der Waals surface area contributed by atoms with Gasteiger partial charge in [0.15, 0.2) is 0 Å². The number of hydrogen-bond donors (Lipinski definition) is 2. The Morgan fingerprint density at radius 1 is 0.870 bits per heavy atom. The first-order valence-electron chi connectivity index (χ1n) is 6.16. The van der Waals surface area contributed by atoms with Gasteiger partial charge in [0.2, 0.25) is 0 Å². The molecule has 2 aromatic carbocycles. The van der Waals surface area contributed by atoms with Gasteiger partial charge in [-0.3, -0.25) is 0 Å². The van der Waals surface area contributed by atoms with E-state index in [0.717, 1.165) is 0 Å². The number of rotatable bonds is 5. The number of hydrogen-bond acceptors (Lipinski definition) is 3. The second kappa shape index (κ2) is 8.05.